The highest BCUT2D eigenvalue weighted by molar-refractivity contribution is 5.00. The van der Waals surface area contributed by atoms with Gasteiger partial charge in [0.05, 0.1) is 13.2 Å². The summed E-state index contributed by atoms with van der Waals surface area (Å²) in [6.45, 7) is 6.44. The normalized spacial score (nSPS) is 31.3. The fraction of sp³-hybridized carbons (Fsp3) is 1.00. The number of aliphatic hydroxyl groups excluding tert-OH is 1. The molecule has 3 heteroatoms. The molecule has 0 bridgehead atoms. The predicted molar refractivity (Wildman–Crippen MR) is 64.4 cm³/mol. The van der Waals surface area contributed by atoms with Gasteiger partial charge in [-0.1, -0.05) is 6.92 Å². The lowest BCUT2D eigenvalue weighted by Gasteiger charge is -2.36. The first kappa shape index (κ1) is 12.3. The first-order valence-electron chi connectivity index (χ1n) is 6.66. The Labute approximate surface area is 98.6 Å². The quantitative estimate of drug-likeness (QED) is 0.723. The van der Waals surface area contributed by atoms with Gasteiger partial charge in [-0.05, 0) is 44.4 Å². The van der Waals surface area contributed by atoms with E-state index in [1.54, 1.807) is 0 Å². The Kier molecular flexibility index (Phi) is 3.88. The molecule has 0 aromatic rings. The first-order valence-corrected chi connectivity index (χ1v) is 6.66. The molecule has 2 N–H and O–H groups in total. The third kappa shape index (κ3) is 2.58. The Morgan fingerprint density at radius 2 is 2.19 bits per heavy atom. The average Bonchev–Trinajstić information content (AvgIpc) is 3.03. The van der Waals surface area contributed by atoms with Gasteiger partial charge < -0.3 is 15.2 Å². The van der Waals surface area contributed by atoms with E-state index in [9.17, 15) is 5.11 Å². The zero-order valence-corrected chi connectivity index (χ0v) is 10.5. The lowest BCUT2D eigenvalue weighted by molar-refractivity contribution is 0.118. The number of aliphatic hydroxyl groups is 1. The van der Waals surface area contributed by atoms with Gasteiger partial charge in [0.25, 0.3) is 0 Å². The molecule has 16 heavy (non-hydrogen) atoms. The Morgan fingerprint density at radius 1 is 1.44 bits per heavy atom. The summed E-state index contributed by atoms with van der Waals surface area (Å²) in [5, 5.41) is 13.3. The van der Waals surface area contributed by atoms with Crippen molar-refractivity contribution >= 4 is 0 Å². The van der Waals surface area contributed by atoms with Crippen molar-refractivity contribution < 1.29 is 9.84 Å². The lowest BCUT2D eigenvalue weighted by Crippen LogP contribution is -2.54. The average molecular weight is 227 g/mol. The van der Waals surface area contributed by atoms with Gasteiger partial charge in [0, 0.05) is 18.2 Å². The second-order valence-electron chi connectivity index (χ2n) is 5.63. The van der Waals surface area contributed by atoms with Crippen molar-refractivity contribution in [3.63, 3.8) is 0 Å². The highest BCUT2D eigenvalue weighted by Crippen LogP contribution is 2.40. The van der Waals surface area contributed by atoms with E-state index in [2.05, 4.69) is 19.2 Å². The molecule has 0 spiro atoms. The minimum absolute atomic E-state index is 0.0662. The second kappa shape index (κ2) is 5.03. The maximum atomic E-state index is 9.59. The molecule has 1 saturated heterocycles. The summed E-state index contributed by atoms with van der Waals surface area (Å²) in [7, 11) is 0. The Bertz CT molecular complexity index is 224. The summed E-state index contributed by atoms with van der Waals surface area (Å²) < 4.78 is 5.46. The highest BCUT2D eigenvalue weighted by Gasteiger charge is 2.43. The van der Waals surface area contributed by atoms with E-state index in [-0.39, 0.29) is 12.1 Å². The van der Waals surface area contributed by atoms with Gasteiger partial charge >= 0.3 is 0 Å². The van der Waals surface area contributed by atoms with E-state index in [1.165, 1.54) is 12.8 Å². The SMILES string of the molecule is CCC(NC(C)(CO)C1CC1)C1CCOC1. The van der Waals surface area contributed by atoms with Crippen LogP contribution in [0.1, 0.15) is 39.5 Å². The van der Waals surface area contributed by atoms with Crippen LogP contribution in [0.3, 0.4) is 0 Å². The lowest BCUT2D eigenvalue weighted by atomic mass is 9.90. The van der Waals surface area contributed by atoms with Gasteiger partial charge in [-0.2, -0.15) is 0 Å². The van der Waals surface area contributed by atoms with Crippen molar-refractivity contribution in [3.8, 4) is 0 Å². The van der Waals surface area contributed by atoms with Crippen molar-refractivity contribution in [3.05, 3.63) is 0 Å². The molecule has 2 fully saturated rings. The molecule has 1 heterocycles. The molecule has 0 amide bonds. The van der Waals surface area contributed by atoms with Crippen molar-refractivity contribution in [2.24, 2.45) is 11.8 Å². The van der Waals surface area contributed by atoms with E-state index in [0.29, 0.717) is 17.9 Å². The van der Waals surface area contributed by atoms with Crippen molar-refractivity contribution in [1.29, 1.82) is 0 Å². The number of nitrogens with one attached hydrogen (secondary N) is 1. The molecule has 3 unspecified atom stereocenters. The molecule has 0 aromatic heterocycles. The van der Waals surface area contributed by atoms with Gasteiger partial charge in [-0.15, -0.1) is 0 Å². The van der Waals surface area contributed by atoms with Crippen molar-refractivity contribution in [2.45, 2.75) is 51.1 Å². The summed E-state index contributed by atoms with van der Waals surface area (Å²) in [5.74, 6) is 1.31. The van der Waals surface area contributed by atoms with Gasteiger partial charge in [0.1, 0.15) is 0 Å². The Balaban J connectivity index is 1.93. The summed E-state index contributed by atoms with van der Waals surface area (Å²) in [4.78, 5) is 0. The van der Waals surface area contributed by atoms with E-state index >= 15 is 0 Å². The van der Waals surface area contributed by atoms with Gasteiger partial charge in [0.2, 0.25) is 0 Å². The molecular formula is C13H25NO2. The van der Waals surface area contributed by atoms with Crippen LogP contribution in [-0.4, -0.2) is 36.5 Å². The van der Waals surface area contributed by atoms with Crippen LogP contribution in [0.2, 0.25) is 0 Å². The maximum absolute atomic E-state index is 9.59. The van der Waals surface area contributed by atoms with Crippen LogP contribution in [0.15, 0.2) is 0 Å². The van der Waals surface area contributed by atoms with Crippen LogP contribution in [-0.2, 0) is 4.74 Å². The summed E-state index contributed by atoms with van der Waals surface area (Å²) >= 11 is 0. The summed E-state index contributed by atoms with van der Waals surface area (Å²) in [6, 6.07) is 0.500. The number of ether oxygens (including phenoxy) is 1. The zero-order chi connectivity index (χ0) is 11.6. The molecule has 94 valence electrons. The van der Waals surface area contributed by atoms with E-state index in [0.717, 1.165) is 26.1 Å². The zero-order valence-electron chi connectivity index (χ0n) is 10.5. The van der Waals surface area contributed by atoms with E-state index in [1.807, 2.05) is 0 Å². The molecule has 1 saturated carbocycles. The minimum atomic E-state index is -0.0662. The molecule has 2 aliphatic rings. The van der Waals surface area contributed by atoms with Crippen LogP contribution in [0.4, 0.5) is 0 Å². The van der Waals surface area contributed by atoms with Gasteiger partial charge in [-0.25, -0.2) is 0 Å². The van der Waals surface area contributed by atoms with Crippen LogP contribution >= 0.6 is 0 Å². The third-order valence-electron chi connectivity index (χ3n) is 4.30. The molecule has 2 rings (SSSR count). The third-order valence-corrected chi connectivity index (χ3v) is 4.30. The second-order valence-corrected chi connectivity index (χ2v) is 5.63. The molecule has 3 atom stereocenters. The Hall–Kier alpha value is -0.120. The molecule has 1 aliphatic carbocycles. The van der Waals surface area contributed by atoms with Crippen molar-refractivity contribution in [1.82, 2.24) is 5.32 Å². The van der Waals surface area contributed by atoms with Gasteiger partial charge in [-0.3, -0.25) is 0 Å². The van der Waals surface area contributed by atoms with Crippen LogP contribution in [0.5, 0.6) is 0 Å². The van der Waals surface area contributed by atoms with Crippen LogP contribution < -0.4 is 5.32 Å². The van der Waals surface area contributed by atoms with Crippen LogP contribution in [0.25, 0.3) is 0 Å². The fourth-order valence-electron chi connectivity index (χ4n) is 2.86. The topological polar surface area (TPSA) is 41.5 Å². The summed E-state index contributed by atoms with van der Waals surface area (Å²) in [5.41, 5.74) is -0.0662. The number of rotatable bonds is 6. The minimum Gasteiger partial charge on any atom is -0.394 e. The monoisotopic (exact) mass is 227 g/mol. The predicted octanol–water partition coefficient (Wildman–Crippen LogP) is 1.55. The van der Waals surface area contributed by atoms with Crippen LogP contribution in [0, 0.1) is 11.8 Å². The molecule has 0 aromatic carbocycles. The largest absolute Gasteiger partial charge is 0.394 e. The molecule has 0 radical (unpaired) electrons. The van der Waals surface area contributed by atoms with E-state index in [4.69, 9.17) is 4.74 Å². The summed E-state index contributed by atoms with van der Waals surface area (Å²) in [6.07, 6.45) is 4.82. The number of hydrogen-bond acceptors (Lipinski definition) is 3. The first-order chi connectivity index (χ1) is 7.69. The molecule has 1 aliphatic heterocycles. The van der Waals surface area contributed by atoms with Crippen molar-refractivity contribution in [2.75, 3.05) is 19.8 Å². The van der Waals surface area contributed by atoms with E-state index < -0.39 is 0 Å². The fourth-order valence-corrected chi connectivity index (χ4v) is 2.86. The number of hydrogen-bond donors (Lipinski definition) is 2. The molecule has 3 nitrogen and oxygen atoms in total. The smallest absolute Gasteiger partial charge is 0.0613 e. The maximum Gasteiger partial charge on any atom is 0.0613 e. The molecular weight excluding hydrogens is 202 g/mol. The Morgan fingerprint density at radius 3 is 2.62 bits per heavy atom. The standard InChI is InChI=1S/C13H25NO2/c1-3-12(10-6-7-16-8-10)14-13(2,9-15)11-4-5-11/h10-12,14-15H,3-9H2,1-2H3. The van der Waals surface area contributed by atoms with Gasteiger partial charge in [0.15, 0.2) is 0 Å². The highest BCUT2D eigenvalue weighted by atomic mass is 16.5.